The molecule has 0 aliphatic carbocycles. The van der Waals surface area contributed by atoms with Crippen LogP contribution in [0.2, 0.25) is 10.0 Å². The molecule has 6 nitrogen and oxygen atoms in total. The highest BCUT2D eigenvalue weighted by molar-refractivity contribution is 6.36. The average Bonchev–Trinajstić information content (AvgIpc) is 2.63. The molecule has 27 heavy (non-hydrogen) atoms. The van der Waals surface area contributed by atoms with E-state index in [0.717, 1.165) is 0 Å². The van der Waals surface area contributed by atoms with Crippen molar-refractivity contribution in [2.45, 2.75) is 6.54 Å². The van der Waals surface area contributed by atoms with Gasteiger partial charge in [0, 0.05) is 30.2 Å². The van der Waals surface area contributed by atoms with Gasteiger partial charge in [0.2, 0.25) is 0 Å². The summed E-state index contributed by atoms with van der Waals surface area (Å²) in [7, 11) is 0. The number of nitrogens with two attached hydrogens (primary N) is 1. The summed E-state index contributed by atoms with van der Waals surface area (Å²) in [5.41, 5.74) is 7.10. The number of anilines is 3. The molecule has 3 rings (SSSR count). The Bertz CT molecular complexity index is 999. The van der Waals surface area contributed by atoms with Crippen molar-refractivity contribution in [3.8, 4) is 0 Å². The number of amides is 1. The van der Waals surface area contributed by atoms with Crippen molar-refractivity contribution in [3.05, 3.63) is 75.9 Å². The van der Waals surface area contributed by atoms with Crippen LogP contribution in [-0.4, -0.2) is 15.9 Å². The lowest BCUT2D eigenvalue weighted by Gasteiger charge is -2.11. The Morgan fingerprint density at radius 2 is 2.00 bits per heavy atom. The van der Waals surface area contributed by atoms with Crippen molar-refractivity contribution in [3.63, 3.8) is 0 Å². The SMILES string of the molecule is Nc1ncccc1NCc1cc(NC(=O)c2ncc(Cl)cc2Cl)ccc1F. The molecule has 0 unspecified atom stereocenters. The average molecular weight is 406 g/mol. The van der Waals surface area contributed by atoms with Crippen LogP contribution in [0.15, 0.2) is 48.8 Å². The number of nitrogens with zero attached hydrogens (tertiary/aromatic N) is 2. The normalized spacial score (nSPS) is 10.5. The van der Waals surface area contributed by atoms with Crippen LogP contribution in [0, 0.1) is 5.82 Å². The second-order valence-electron chi connectivity index (χ2n) is 5.53. The third kappa shape index (κ3) is 4.64. The Kier molecular flexibility index (Phi) is 5.73. The van der Waals surface area contributed by atoms with Gasteiger partial charge in [-0.1, -0.05) is 23.2 Å². The Balaban J connectivity index is 1.74. The molecule has 2 heterocycles. The second kappa shape index (κ2) is 8.20. The van der Waals surface area contributed by atoms with E-state index in [1.165, 1.54) is 30.5 Å². The zero-order valence-electron chi connectivity index (χ0n) is 13.8. The first-order chi connectivity index (χ1) is 12.9. The maximum absolute atomic E-state index is 14.1. The van der Waals surface area contributed by atoms with Crippen LogP contribution >= 0.6 is 23.2 Å². The fourth-order valence-corrected chi connectivity index (χ4v) is 2.78. The van der Waals surface area contributed by atoms with Crippen LogP contribution in [0.1, 0.15) is 16.1 Å². The van der Waals surface area contributed by atoms with Gasteiger partial charge in [-0.15, -0.1) is 0 Å². The van der Waals surface area contributed by atoms with Crippen molar-refractivity contribution in [2.75, 3.05) is 16.4 Å². The van der Waals surface area contributed by atoms with Crippen molar-refractivity contribution >= 4 is 46.3 Å². The minimum absolute atomic E-state index is 0.0215. The molecular formula is C18H14Cl2FN5O. The number of halogens is 3. The molecule has 4 N–H and O–H groups in total. The van der Waals surface area contributed by atoms with Crippen LogP contribution in [0.3, 0.4) is 0 Å². The number of hydrogen-bond acceptors (Lipinski definition) is 5. The Morgan fingerprint density at radius 1 is 1.19 bits per heavy atom. The van der Waals surface area contributed by atoms with E-state index in [1.54, 1.807) is 18.3 Å². The van der Waals surface area contributed by atoms with Crippen LogP contribution in [-0.2, 0) is 6.54 Å². The van der Waals surface area contributed by atoms with E-state index >= 15 is 0 Å². The minimum atomic E-state index is -0.529. The molecule has 0 spiro atoms. The molecule has 1 amide bonds. The molecule has 0 saturated heterocycles. The number of rotatable bonds is 5. The van der Waals surface area contributed by atoms with Gasteiger partial charge in [0.1, 0.15) is 17.3 Å². The minimum Gasteiger partial charge on any atom is -0.382 e. The van der Waals surface area contributed by atoms with Gasteiger partial charge in [-0.25, -0.2) is 14.4 Å². The van der Waals surface area contributed by atoms with Crippen LogP contribution in [0.25, 0.3) is 0 Å². The fourth-order valence-electron chi connectivity index (χ4n) is 2.32. The third-order valence-corrected chi connectivity index (χ3v) is 4.13. The maximum Gasteiger partial charge on any atom is 0.275 e. The Hall–Kier alpha value is -2.90. The number of hydrogen-bond donors (Lipinski definition) is 3. The van der Waals surface area contributed by atoms with Gasteiger partial charge in [0.05, 0.1) is 15.7 Å². The van der Waals surface area contributed by atoms with Gasteiger partial charge in [-0.2, -0.15) is 0 Å². The molecule has 2 aromatic heterocycles. The van der Waals surface area contributed by atoms with Gasteiger partial charge in [-0.05, 0) is 36.4 Å². The van der Waals surface area contributed by atoms with Crippen LogP contribution in [0.4, 0.5) is 21.6 Å². The summed E-state index contributed by atoms with van der Waals surface area (Å²) in [5.74, 6) is -0.643. The third-order valence-electron chi connectivity index (χ3n) is 3.63. The van der Waals surface area contributed by atoms with Crippen molar-refractivity contribution in [2.24, 2.45) is 0 Å². The number of nitrogen functional groups attached to an aromatic ring is 1. The summed E-state index contributed by atoms with van der Waals surface area (Å²) < 4.78 is 14.1. The molecule has 1 aromatic carbocycles. The lowest BCUT2D eigenvalue weighted by Crippen LogP contribution is -2.15. The zero-order chi connectivity index (χ0) is 19.4. The highest BCUT2D eigenvalue weighted by atomic mass is 35.5. The molecule has 9 heteroatoms. The summed E-state index contributed by atoms with van der Waals surface area (Å²) in [6, 6.07) is 9.09. The van der Waals surface area contributed by atoms with E-state index in [0.29, 0.717) is 27.8 Å². The molecule has 138 valence electrons. The van der Waals surface area contributed by atoms with Gasteiger partial charge in [0.15, 0.2) is 0 Å². The Morgan fingerprint density at radius 3 is 2.74 bits per heavy atom. The standard InChI is InChI=1S/C18H14Cl2FN5O/c19-11-7-13(20)16(25-9-11)18(27)26-12-3-4-14(21)10(6-12)8-24-15-2-1-5-23-17(15)22/h1-7,9,24H,8H2,(H2,22,23)(H,26,27). The van der Waals surface area contributed by atoms with E-state index in [9.17, 15) is 9.18 Å². The molecule has 0 aliphatic rings. The molecule has 0 aliphatic heterocycles. The molecule has 0 radical (unpaired) electrons. The first-order valence-electron chi connectivity index (χ1n) is 7.79. The molecule has 3 aromatic rings. The highest BCUT2D eigenvalue weighted by Gasteiger charge is 2.14. The lowest BCUT2D eigenvalue weighted by molar-refractivity contribution is 0.102. The number of nitrogens with one attached hydrogen (secondary N) is 2. The van der Waals surface area contributed by atoms with Gasteiger partial charge in [-0.3, -0.25) is 4.79 Å². The smallest absolute Gasteiger partial charge is 0.275 e. The molecule has 0 fully saturated rings. The molecule has 0 atom stereocenters. The number of benzene rings is 1. The largest absolute Gasteiger partial charge is 0.382 e. The van der Waals surface area contributed by atoms with Crippen LogP contribution in [0.5, 0.6) is 0 Å². The van der Waals surface area contributed by atoms with Crippen molar-refractivity contribution in [1.29, 1.82) is 0 Å². The second-order valence-corrected chi connectivity index (χ2v) is 6.38. The van der Waals surface area contributed by atoms with E-state index in [1.807, 2.05) is 0 Å². The summed E-state index contributed by atoms with van der Waals surface area (Å²) in [5, 5.41) is 6.09. The summed E-state index contributed by atoms with van der Waals surface area (Å²) >= 11 is 11.8. The van der Waals surface area contributed by atoms with Crippen LogP contribution < -0.4 is 16.4 Å². The van der Waals surface area contributed by atoms with E-state index in [2.05, 4.69) is 20.6 Å². The van der Waals surface area contributed by atoms with Crippen molar-refractivity contribution < 1.29 is 9.18 Å². The first-order valence-corrected chi connectivity index (χ1v) is 8.55. The van der Waals surface area contributed by atoms with Crippen molar-refractivity contribution in [1.82, 2.24) is 9.97 Å². The van der Waals surface area contributed by atoms with Gasteiger partial charge >= 0.3 is 0 Å². The number of carbonyl (C=O) groups excluding carboxylic acids is 1. The monoisotopic (exact) mass is 405 g/mol. The highest BCUT2D eigenvalue weighted by Crippen LogP contribution is 2.22. The lowest BCUT2D eigenvalue weighted by atomic mass is 10.1. The van der Waals surface area contributed by atoms with E-state index in [4.69, 9.17) is 28.9 Å². The van der Waals surface area contributed by atoms with Gasteiger partial charge < -0.3 is 16.4 Å². The predicted octanol–water partition coefficient (Wildman–Crippen LogP) is 4.37. The fraction of sp³-hybridized carbons (Fsp3) is 0.0556. The summed E-state index contributed by atoms with van der Waals surface area (Å²) in [4.78, 5) is 20.2. The quantitative estimate of drug-likeness (QED) is 0.585. The topological polar surface area (TPSA) is 92.9 Å². The predicted molar refractivity (Wildman–Crippen MR) is 105 cm³/mol. The summed E-state index contributed by atoms with van der Waals surface area (Å²) in [6.45, 7) is 0.158. The van der Waals surface area contributed by atoms with Gasteiger partial charge in [0.25, 0.3) is 5.91 Å². The van der Waals surface area contributed by atoms with E-state index in [-0.39, 0.29) is 17.3 Å². The Labute approximate surface area is 164 Å². The maximum atomic E-state index is 14.1. The molecular weight excluding hydrogens is 392 g/mol. The molecule has 0 bridgehead atoms. The number of carbonyl (C=O) groups is 1. The van der Waals surface area contributed by atoms with E-state index < -0.39 is 11.7 Å². The summed E-state index contributed by atoms with van der Waals surface area (Å²) in [6.07, 6.45) is 2.88. The molecule has 0 saturated carbocycles. The number of aromatic nitrogens is 2. The zero-order valence-corrected chi connectivity index (χ0v) is 15.4. The first kappa shape index (κ1) is 18.9. The number of pyridine rings is 2.